The number of anilines is 2. The van der Waals surface area contributed by atoms with E-state index in [2.05, 4.69) is 22.2 Å². The van der Waals surface area contributed by atoms with Gasteiger partial charge in [0, 0.05) is 56.6 Å². The van der Waals surface area contributed by atoms with Gasteiger partial charge in [0.05, 0.1) is 24.9 Å². The molecule has 0 saturated carbocycles. The molecule has 41 heavy (non-hydrogen) atoms. The minimum absolute atomic E-state index is 0. The van der Waals surface area contributed by atoms with E-state index in [0.717, 1.165) is 54.2 Å². The highest BCUT2D eigenvalue weighted by atomic mass is 16.5. The molecule has 0 spiro atoms. The molecular formula is C33H38N4O4. The Hall–Kier alpha value is -4.27. The van der Waals surface area contributed by atoms with Gasteiger partial charge in [0.1, 0.15) is 0 Å². The smallest absolute Gasteiger partial charge is 0.337 e. The number of nitrogens with one attached hydrogen (secondary N) is 1. The van der Waals surface area contributed by atoms with Crippen molar-refractivity contribution in [2.45, 2.75) is 13.8 Å². The van der Waals surface area contributed by atoms with Gasteiger partial charge < -0.3 is 19.9 Å². The lowest BCUT2D eigenvalue weighted by atomic mass is 9.99. The molecule has 5 rings (SSSR count). The molecule has 2 aliphatic rings. The average molecular weight is 555 g/mol. The molecule has 3 aromatic rings. The van der Waals surface area contributed by atoms with Crippen LogP contribution in [-0.4, -0.2) is 81.4 Å². The second-order valence-electron chi connectivity index (χ2n) is 10.3. The van der Waals surface area contributed by atoms with Crippen LogP contribution in [0.25, 0.3) is 11.3 Å². The van der Waals surface area contributed by atoms with Gasteiger partial charge in [0.15, 0.2) is 5.78 Å². The van der Waals surface area contributed by atoms with Gasteiger partial charge in [-0.15, -0.1) is 0 Å². The van der Waals surface area contributed by atoms with Crippen LogP contribution in [-0.2, 0) is 20.7 Å². The lowest BCUT2D eigenvalue weighted by Crippen LogP contribution is -2.48. The molecule has 1 aliphatic heterocycles. The molecule has 0 atom stereocenters. The average Bonchev–Trinajstić information content (AvgIpc) is 3.31. The first-order chi connectivity index (χ1) is 19.3. The Balaban J connectivity index is 0.00000387. The topological polar surface area (TPSA) is 82.2 Å². The third-order valence-electron chi connectivity index (χ3n) is 7.59. The molecule has 1 aliphatic carbocycles. The van der Waals surface area contributed by atoms with Crippen LogP contribution in [0, 0.1) is 0 Å². The monoisotopic (exact) mass is 554 g/mol. The molecule has 214 valence electrons. The minimum atomic E-state index is -0.429. The number of likely N-dealkylation sites (N-methyl/N-ethyl adjacent to an activating group) is 2. The fourth-order valence-electron chi connectivity index (χ4n) is 5.16. The molecular weight excluding hydrogens is 516 g/mol. The lowest BCUT2D eigenvalue weighted by molar-refractivity contribution is -0.119. The molecule has 0 aromatic heterocycles. The van der Waals surface area contributed by atoms with Crippen molar-refractivity contribution >= 4 is 40.3 Å². The summed E-state index contributed by atoms with van der Waals surface area (Å²) >= 11 is 0. The number of ketones is 1. The third-order valence-corrected chi connectivity index (χ3v) is 7.59. The van der Waals surface area contributed by atoms with Crippen molar-refractivity contribution in [1.29, 1.82) is 0 Å². The summed E-state index contributed by atoms with van der Waals surface area (Å²) < 4.78 is 4.85. The third kappa shape index (κ3) is 6.56. The highest BCUT2D eigenvalue weighted by Gasteiger charge is 2.29. The van der Waals surface area contributed by atoms with E-state index in [-0.39, 0.29) is 25.5 Å². The van der Waals surface area contributed by atoms with E-state index in [1.54, 1.807) is 24.1 Å². The Morgan fingerprint density at radius 3 is 2.27 bits per heavy atom. The van der Waals surface area contributed by atoms with Crippen molar-refractivity contribution < 1.29 is 19.1 Å². The summed E-state index contributed by atoms with van der Waals surface area (Å²) in [5.41, 5.74) is 5.77. The first-order valence-electron chi connectivity index (χ1n) is 13.4. The van der Waals surface area contributed by atoms with Crippen LogP contribution in [0.2, 0.25) is 0 Å². The SMILES string of the molecule is C.COC(=O)c1ccc2c(c1)CC(=O)/C2=C(\Nc1ccc(N(C)C(=O)CN2CCN(C)CC2)cc1)c1ccccc1. The van der Waals surface area contributed by atoms with Crippen LogP contribution in [0.4, 0.5) is 11.4 Å². The number of Topliss-reactive ketones (excluding diaryl/α,β-unsaturated/α-hetero) is 1. The Kier molecular flexibility index (Phi) is 9.37. The maximum Gasteiger partial charge on any atom is 0.337 e. The van der Waals surface area contributed by atoms with Crippen molar-refractivity contribution in [1.82, 2.24) is 9.80 Å². The number of benzene rings is 3. The van der Waals surface area contributed by atoms with E-state index < -0.39 is 5.97 Å². The zero-order valence-electron chi connectivity index (χ0n) is 23.1. The normalized spacial score (nSPS) is 16.4. The van der Waals surface area contributed by atoms with E-state index >= 15 is 0 Å². The van der Waals surface area contributed by atoms with Gasteiger partial charge in [-0.1, -0.05) is 43.8 Å². The molecule has 1 amide bonds. The largest absolute Gasteiger partial charge is 0.465 e. The zero-order valence-corrected chi connectivity index (χ0v) is 23.1. The minimum Gasteiger partial charge on any atom is -0.465 e. The lowest BCUT2D eigenvalue weighted by Gasteiger charge is -2.32. The number of hydrogen-bond acceptors (Lipinski definition) is 7. The molecule has 3 aromatic carbocycles. The van der Waals surface area contributed by atoms with Crippen molar-refractivity contribution in [2.24, 2.45) is 0 Å². The number of nitrogens with zero attached hydrogens (tertiary/aromatic N) is 3. The van der Waals surface area contributed by atoms with Crippen LogP contribution in [0.15, 0.2) is 72.8 Å². The number of methoxy groups -OCH3 is 1. The molecule has 1 N–H and O–H groups in total. The second-order valence-corrected chi connectivity index (χ2v) is 10.3. The Labute approximate surface area is 242 Å². The molecule has 0 radical (unpaired) electrons. The van der Waals surface area contributed by atoms with Gasteiger partial charge in [-0.2, -0.15) is 0 Å². The molecule has 8 nitrogen and oxygen atoms in total. The first-order valence-corrected chi connectivity index (χ1v) is 13.4. The van der Waals surface area contributed by atoms with Crippen molar-refractivity contribution in [3.8, 4) is 0 Å². The molecule has 1 saturated heterocycles. The van der Waals surface area contributed by atoms with Crippen LogP contribution in [0.5, 0.6) is 0 Å². The van der Waals surface area contributed by atoms with Crippen LogP contribution >= 0.6 is 0 Å². The van der Waals surface area contributed by atoms with Gasteiger partial charge in [0.25, 0.3) is 0 Å². The van der Waals surface area contributed by atoms with E-state index in [9.17, 15) is 14.4 Å². The number of fused-ring (bicyclic) bond motifs is 1. The summed E-state index contributed by atoms with van der Waals surface area (Å²) in [4.78, 5) is 44.4. The van der Waals surface area contributed by atoms with E-state index in [1.807, 2.05) is 60.7 Å². The van der Waals surface area contributed by atoms with Crippen LogP contribution < -0.4 is 10.2 Å². The number of amides is 1. The number of rotatable bonds is 7. The summed E-state index contributed by atoms with van der Waals surface area (Å²) in [7, 11) is 5.24. The molecule has 1 heterocycles. The fourth-order valence-corrected chi connectivity index (χ4v) is 5.16. The summed E-state index contributed by atoms with van der Waals surface area (Å²) in [5.74, 6) is -0.396. The number of esters is 1. The van der Waals surface area contributed by atoms with Crippen LogP contribution in [0.3, 0.4) is 0 Å². The second kappa shape index (κ2) is 12.9. The highest BCUT2D eigenvalue weighted by Crippen LogP contribution is 2.37. The number of hydrogen-bond donors (Lipinski definition) is 1. The zero-order chi connectivity index (χ0) is 28.2. The fraction of sp³-hybridized carbons (Fsp3) is 0.303. The summed E-state index contributed by atoms with van der Waals surface area (Å²) in [5, 5.41) is 3.47. The molecule has 0 unspecified atom stereocenters. The number of ether oxygens (including phenoxy) is 1. The van der Waals surface area contributed by atoms with E-state index in [4.69, 9.17) is 4.74 Å². The van der Waals surface area contributed by atoms with Gasteiger partial charge in [-0.05, 0) is 60.1 Å². The quantitative estimate of drug-likeness (QED) is 0.342. The highest BCUT2D eigenvalue weighted by molar-refractivity contribution is 6.32. The van der Waals surface area contributed by atoms with Gasteiger partial charge >= 0.3 is 5.97 Å². The Bertz CT molecular complexity index is 1440. The summed E-state index contributed by atoms with van der Waals surface area (Å²) in [6, 6.07) is 22.6. The predicted octanol–water partition coefficient (Wildman–Crippen LogP) is 4.43. The molecule has 0 bridgehead atoms. The molecule has 8 heteroatoms. The summed E-state index contributed by atoms with van der Waals surface area (Å²) in [6.07, 6.45) is 0.215. The number of carbonyl (C=O) groups is 3. The van der Waals surface area contributed by atoms with Gasteiger partial charge in [0.2, 0.25) is 5.91 Å². The Morgan fingerprint density at radius 1 is 0.927 bits per heavy atom. The maximum atomic E-state index is 13.3. The van der Waals surface area contributed by atoms with Gasteiger partial charge in [-0.3, -0.25) is 14.5 Å². The van der Waals surface area contributed by atoms with E-state index in [0.29, 0.717) is 23.4 Å². The maximum absolute atomic E-state index is 13.3. The van der Waals surface area contributed by atoms with Crippen molar-refractivity contribution in [2.75, 3.05) is 64.1 Å². The number of piperazine rings is 1. The number of carbonyl (C=O) groups excluding carboxylic acids is 3. The molecule has 1 fully saturated rings. The van der Waals surface area contributed by atoms with Crippen molar-refractivity contribution in [3.63, 3.8) is 0 Å². The summed E-state index contributed by atoms with van der Waals surface area (Å²) in [6.45, 7) is 4.11. The first kappa shape index (κ1) is 29.7. The van der Waals surface area contributed by atoms with E-state index in [1.165, 1.54) is 7.11 Å². The Morgan fingerprint density at radius 2 is 1.61 bits per heavy atom. The number of allylic oxidation sites excluding steroid dienone is 1. The predicted molar refractivity (Wildman–Crippen MR) is 164 cm³/mol. The van der Waals surface area contributed by atoms with Crippen molar-refractivity contribution in [3.05, 3.63) is 95.1 Å². The standard InChI is InChI=1S/C32H34N4O4.CH4/c1-34-15-17-36(18-16-34)21-29(38)35(2)26-12-10-25(11-13-26)33-31(22-7-5-4-6-8-22)30-27-14-9-23(32(39)40-3)19-24(27)20-28(30)37;/h4-14,19,33H,15-18,20-21H2,1-3H3;1H4/b31-30-;. The van der Waals surface area contributed by atoms with Gasteiger partial charge in [-0.25, -0.2) is 4.79 Å². The van der Waals surface area contributed by atoms with Crippen LogP contribution in [0.1, 0.15) is 34.5 Å².